The molecule has 2 atom stereocenters. The zero-order chi connectivity index (χ0) is 11.3. The molecule has 0 aliphatic heterocycles. The average molecular weight is 215 g/mol. The normalized spacial score (nSPS) is 26.5. The number of amides is 1. The minimum atomic E-state index is -0.835. The second kappa shape index (κ2) is 5.58. The zero-order valence-corrected chi connectivity index (χ0v) is 8.86. The number of hydrogen-bond donors (Lipinski definition) is 2. The molecule has 0 radical (unpaired) electrons. The van der Waals surface area contributed by atoms with Gasteiger partial charge in [0.2, 0.25) is 0 Å². The lowest BCUT2D eigenvalue weighted by atomic mass is 9.95. The third kappa shape index (κ3) is 3.42. The quantitative estimate of drug-likeness (QED) is 0.682. The Morgan fingerprint density at radius 2 is 1.93 bits per heavy atom. The lowest BCUT2D eigenvalue weighted by Gasteiger charge is -2.21. The number of carboxylic acid groups (broad SMARTS) is 1. The number of carboxylic acids is 1. The highest BCUT2D eigenvalue weighted by Gasteiger charge is 2.30. The summed E-state index contributed by atoms with van der Waals surface area (Å²) >= 11 is 0. The maximum Gasteiger partial charge on any atom is 0.407 e. The number of hydrogen-bond acceptors (Lipinski definition) is 3. The molecule has 1 fully saturated rings. The Kier molecular flexibility index (Phi) is 4.39. The number of aliphatic carboxylic acids is 1. The van der Waals surface area contributed by atoms with E-state index in [1.165, 1.54) is 7.11 Å². The largest absolute Gasteiger partial charge is 0.481 e. The third-order valence-corrected chi connectivity index (χ3v) is 2.82. The van der Waals surface area contributed by atoms with Crippen LogP contribution < -0.4 is 5.32 Å². The Balaban J connectivity index is 2.61. The molecule has 0 aromatic carbocycles. The summed E-state index contributed by atoms with van der Waals surface area (Å²) in [5.74, 6) is -1.31. The van der Waals surface area contributed by atoms with Crippen LogP contribution in [0, 0.1) is 5.92 Å². The first-order valence-corrected chi connectivity index (χ1v) is 5.22. The van der Waals surface area contributed by atoms with Crippen LogP contribution in [-0.4, -0.2) is 30.3 Å². The predicted molar refractivity (Wildman–Crippen MR) is 53.5 cm³/mol. The van der Waals surface area contributed by atoms with E-state index in [9.17, 15) is 9.59 Å². The van der Waals surface area contributed by atoms with Gasteiger partial charge in [0.1, 0.15) is 0 Å². The number of carbonyl (C=O) groups excluding carboxylic acids is 1. The SMILES string of the molecule is COC(=O)NC1CCCCCC1C(=O)O. The molecule has 2 unspecified atom stereocenters. The van der Waals surface area contributed by atoms with Crippen molar-refractivity contribution in [2.24, 2.45) is 5.92 Å². The van der Waals surface area contributed by atoms with Crippen molar-refractivity contribution in [3.05, 3.63) is 0 Å². The molecule has 1 aliphatic carbocycles. The van der Waals surface area contributed by atoms with E-state index in [-0.39, 0.29) is 6.04 Å². The Morgan fingerprint density at radius 1 is 1.27 bits per heavy atom. The molecule has 86 valence electrons. The van der Waals surface area contributed by atoms with E-state index in [0.717, 1.165) is 19.3 Å². The number of carbonyl (C=O) groups is 2. The first-order chi connectivity index (χ1) is 7.15. The molecule has 0 aromatic rings. The van der Waals surface area contributed by atoms with Gasteiger partial charge < -0.3 is 15.2 Å². The van der Waals surface area contributed by atoms with Crippen molar-refractivity contribution in [1.82, 2.24) is 5.32 Å². The van der Waals surface area contributed by atoms with E-state index in [2.05, 4.69) is 10.1 Å². The molecule has 0 bridgehead atoms. The number of alkyl carbamates (subject to hydrolysis) is 1. The Morgan fingerprint density at radius 3 is 2.53 bits per heavy atom. The molecule has 0 saturated heterocycles. The highest BCUT2D eigenvalue weighted by Crippen LogP contribution is 2.23. The minimum absolute atomic E-state index is 0.294. The minimum Gasteiger partial charge on any atom is -0.481 e. The van der Waals surface area contributed by atoms with Crippen LogP contribution in [0.15, 0.2) is 0 Å². The van der Waals surface area contributed by atoms with Gasteiger partial charge in [0.05, 0.1) is 13.0 Å². The molecule has 0 heterocycles. The fourth-order valence-corrected chi connectivity index (χ4v) is 1.99. The molecule has 1 rings (SSSR count). The van der Waals surface area contributed by atoms with Crippen molar-refractivity contribution in [3.8, 4) is 0 Å². The zero-order valence-electron chi connectivity index (χ0n) is 8.86. The number of rotatable bonds is 2. The summed E-state index contributed by atoms with van der Waals surface area (Å²) in [5, 5.41) is 11.6. The second-order valence-corrected chi connectivity index (χ2v) is 3.83. The molecule has 15 heavy (non-hydrogen) atoms. The first-order valence-electron chi connectivity index (χ1n) is 5.22. The van der Waals surface area contributed by atoms with Gasteiger partial charge in [0.25, 0.3) is 0 Å². The van der Waals surface area contributed by atoms with Gasteiger partial charge in [-0.2, -0.15) is 0 Å². The molecule has 2 N–H and O–H groups in total. The fraction of sp³-hybridized carbons (Fsp3) is 0.800. The molecule has 0 spiro atoms. The van der Waals surface area contributed by atoms with E-state index in [1.807, 2.05) is 0 Å². The summed E-state index contributed by atoms with van der Waals surface area (Å²) in [6.45, 7) is 0. The van der Waals surface area contributed by atoms with Crippen LogP contribution in [0.25, 0.3) is 0 Å². The molecule has 5 nitrogen and oxygen atoms in total. The fourth-order valence-electron chi connectivity index (χ4n) is 1.99. The number of methoxy groups -OCH3 is 1. The van der Waals surface area contributed by atoms with Crippen LogP contribution >= 0.6 is 0 Å². The van der Waals surface area contributed by atoms with E-state index >= 15 is 0 Å². The van der Waals surface area contributed by atoms with Crippen molar-refractivity contribution in [1.29, 1.82) is 0 Å². The van der Waals surface area contributed by atoms with Crippen LogP contribution in [0.4, 0.5) is 4.79 Å². The summed E-state index contributed by atoms with van der Waals surface area (Å²) in [7, 11) is 1.28. The van der Waals surface area contributed by atoms with Gasteiger partial charge in [-0.1, -0.05) is 19.3 Å². The van der Waals surface area contributed by atoms with Crippen molar-refractivity contribution in [3.63, 3.8) is 0 Å². The molecular formula is C10H17NO4. The summed E-state index contributed by atoms with van der Waals surface area (Å²) in [4.78, 5) is 22.0. The maximum atomic E-state index is 11.0. The number of nitrogens with one attached hydrogen (secondary N) is 1. The van der Waals surface area contributed by atoms with Crippen LogP contribution in [0.5, 0.6) is 0 Å². The van der Waals surface area contributed by atoms with Crippen LogP contribution in [0.1, 0.15) is 32.1 Å². The van der Waals surface area contributed by atoms with Gasteiger partial charge >= 0.3 is 12.1 Å². The predicted octanol–water partition coefficient (Wildman–Crippen LogP) is 1.38. The third-order valence-electron chi connectivity index (χ3n) is 2.82. The molecule has 5 heteroatoms. The summed E-state index contributed by atoms with van der Waals surface area (Å²) in [6, 6.07) is -0.294. The standard InChI is InChI=1S/C10H17NO4/c1-15-10(14)11-8-6-4-2-3-5-7(8)9(12)13/h7-8H,2-6H2,1H3,(H,11,14)(H,12,13). The van der Waals surface area contributed by atoms with Crippen LogP contribution in [0.2, 0.25) is 0 Å². The Hall–Kier alpha value is -1.26. The summed E-state index contributed by atoms with van der Waals surface area (Å²) < 4.78 is 4.48. The maximum absolute atomic E-state index is 11.0. The van der Waals surface area contributed by atoms with Crippen molar-refractivity contribution in [2.45, 2.75) is 38.1 Å². The van der Waals surface area contributed by atoms with Gasteiger partial charge in [-0.15, -0.1) is 0 Å². The van der Waals surface area contributed by atoms with Gasteiger partial charge in [0.15, 0.2) is 0 Å². The first kappa shape index (κ1) is 11.8. The van der Waals surface area contributed by atoms with Gasteiger partial charge in [-0.05, 0) is 12.8 Å². The lowest BCUT2D eigenvalue weighted by Crippen LogP contribution is -2.42. The van der Waals surface area contributed by atoms with E-state index < -0.39 is 18.0 Å². The smallest absolute Gasteiger partial charge is 0.407 e. The van der Waals surface area contributed by atoms with Crippen molar-refractivity contribution in [2.75, 3.05) is 7.11 Å². The number of ether oxygens (including phenoxy) is 1. The van der Waals surface area contributed by atoms with E-state index in [1.54, 1.807) is 0 Å². The van der Waals surface area contributed by atoms with Crippen molar-refractivity contribution < 1.29 is 19.4 Å². The van der Waals surface area contributed by atoms with Gasteiger partial charge in [0, 0.05) is 6.04 Å². The van der Waals surface area contributed by atoms with Gasteiger partial charge in [-0.3, -0.25) is 4.79 Å². The van der Waals surface area contributed by atoms with Gasteiger partial charge in [-0.25, -0.2) is 4.79 Å². The molecule has 0 aromatic heterocycles. The highest BCUT2D eigenvalue weighted by molar-refractivity contribution is 5.73. The highest BCUT2D eigenvalue weighted by atomic mass is 16.5. The molecule has 1 saturated carbocycles. The summed E-state index contributed by atoms with van der Waals surface area (Å²) in [6.07, 6.45) is 3.70. The monoisotopic (exact) mass is 215 g/mol. The molecular weight excluding hydrogens is 198 g/mol. The molecule has 1 aliphatic rings. The average Bonchev–Trinajstić information content (AvgIpc) is 2.43. The topological polar surface area (TPSA) is 75.6 Å². The second-order valence-electron chi connectivity index (χ2n) is 3.83. The van der Waals surface area contributed by atoms with E-state index in [4.69, 9.17) is 5.11 Å². The van der Waals surface area contributed by atoms with Crippen LogP contribution in [-0.2, 0) is 9.53 Å². The summed E-state index contributed by atoms with van der Waals surface area (Å²) in [5.41, 5.74) is 0. The van der Waals surface area contributed by atoms with E-state index in [0.29, 0.717) is 12.8 Å². The molecule has 1 amide bonds. The lowest BCUT2D eigenvalue weighted by molar-refractivity contribution is -0.142. The van der Waals surface area contributed by atoms with Crippen molar-refractivity contribution >= 4 is 12.1 Å². The van der Waals surface area contributed by atoms with Crippen LogP contribution in [0.3, 0.4) is 0 Å². The Labute approximate surface area is 88.8 Å². The Bertz CT molecular complexity index is 242.